The molecule has 0 radical (unpaired) electrons. The normalized spacial score (nSPS) is 25.1. The number of hydrogen-bond donors (Lipinski definition) is 1. The highest BCUT2D eigenvalue weighted by Crippen LogP contribution is 2.23. The van der Waals surface area contributed by atoms with Crippen LogP contribution >= 0.6 is 0 Å². The summed E-state index contributed by atoms with van der Waals surface area (Å²) in [6.45, 7) is 7.31. The molecule has 2 unspecified atom stereocenters. The fraction of sp³-hybridized carbons (Fsp3) is 0.692. The molecule has 0 spiro atoms. The van der Waals surface area contributed by atoms with Gasteiger partial charge in [0.1, 0.15) is 11.6 Å². The molecule has 1 saturated heterocycles. The third-order valence-corrected chi connectivity index (χ3v) is 3.45. The molecule has 1 aliphatic rings. The largest absolute Gasteiger partial charge is 0.354 e. The van der Waals surface area contributed by atoms with Gasteiger partial charge < -0.3 is 10.6 Å². The van der Waals surface area contributed by atoms with E-state index in [4.69, 9.17) is 5.73 Å². The van der Waals surface area contributed by atoms with Crippen molar-refractivity contribution in [1.29, 1.82) is 0 Å². The fourth-order valence-corrected chi connectivity index (χ4v) is 2.49. The summed E-state index contributed by atoms with van der Waals surface area (Å²) in [6.07, 6.45) is 3.05. The zero-order valence-electron chi connectivity index (χ0n) is 11.0. The summed E-state index contributed by atoms with van der Waals surface area (Å²) < 4.78 is 0. The summed E-state index contributed by atoms with van der Waals surface area (Å²) in [7, 11) is 0. The van der Waals surface area contributed by atoms with Gasteiger partial charge in [-0.25, -0.2) is 9.97 Å². The molecule has 2 atom stereocenters. The van der Waals surface area contributed by atoms with Gasteiger partial charge in [-0.15, -0.1) is 0 Å². The Morgan fingerprint density at radius 1 is 1.47 bits per heavy atom. The summed E-state index contributed by atoms with van der Waals surface area (Å²) in [5.74, 6) is 1.93. The summed E-state index contributed by atoms with van der Waals surface area (Å²) in [5.41, 5.74) is 7.11. The molecular formula is C13H22N4. The van der Waals surface area contributed by atoms with Crippen molar-refractivity contribution >= 4 is 5.82 Å². The molecule has 4 heteroatoms. The van der Waals surface area contributed by atoms with Gasteiger partial charge in [0, 0.05) is 30.4 Å². The van der Waals surface area contributed by atoms with Crippen molar-refractivity contribution in [3.05, 3.63) is 17.6 Å². The van der Waals surface area contributed by atoms with Crippen LogP contribution in [0.3, 0.4) is 0 Å². The summed E-state index contributed by atoms with van der Waals surface area (Å²) in [4.78, 5) is 11.3. The zero-order chi connectivity index (χ0) is 12.4. The Labute approximate surface area is 103 Å². The lowest BCUT2D eigenvalue weighted by atomic mass is 9.99. The molecule has 94 valence electrons. The monoisotopic (exact) mass is 234 g/mol. The van der Waals surface area contributed by atoms with Crippen molar-refractivity contribution in [3.8, 4) is 0 Å². The maximum absolute atomic E-state index is 5.99. The zero-order valence-corrected chi connectivity index (χ0v) is 11.0. The molecule has 0 aliphatic carbocycles. The van der Waals surface area contributed by atoms with Crippen LogP contribution in [0.2, 0.25) is 0 Å². The van der Waals surface area contributed by atoms with Gasteiger partial charge in [0.25, 0.3) is 0 Å². The Bertz CT molecular complexity index is 391. The molecule has 1 fully saturated rings. The van der Waals surface area contributed by atoms with Crippen molar-refractivity contribution in [1.82, 2.24) is 9.97 Å². The lowest BCUT2D eigenvalue weighted by molar-refractivity contribution is 0.427. The van der Waals surface area contributed by atoms with Crippen LogP contribution in [0.4, 0.5) is 5.82 Å². The maximum atomic E-state index is 5.99. The van der Waals surface area contributed by atoms with Gasteiger partial charge >= 0.3 is 0 Å². The van der Waals surface area contributed by atoms with E-state index in [2.05, 4.69) is 34.8 Å². The van der Waals surface area contributed by atoms with Gasteiger partial charge in [0.2, 0.25) is 0 Å². The van der Waals surface area contributed by atoms with Crippen molar-refractivity contribution in [3.63, 3.8) is 0 Å². The summed E-state index contributed by atoms with van der Waals surface area (Å²) in [6, 6.07) is 2.92. The second kappa shape index (κ2) is 5.00. The standard InChI is InChI=1S/C13H22N4/c1-4-12-8-13(16-10(3)15-12)17-6-5-11(14)7-9(17)2/h8-9,11H,4-7,14H2,1-3H3. The molecule has 0 amide bonds. The van der Waals surface area contributed by atoms with Crippen molar-refractivity contribution in [2.24, 2.45) is 5.73 Å². The first kappa shape index (κ1) is 12.3. The number of hydrogen-bond acceptors (Lipinski definition) is 4. The molecule has 1 aliphatic heterocycles. The Balaban J connectivity index is 2.24. The minimum absolute atomic E-state index is 0.342. The van der Waals surface area contributed by atoms with Crippen LogP contribution in [0.5, 0.6) is 0 Å². The smallest absolute Gasteiger partial charge is 0.132 e. The number of aryl methyl sites for hydroxylation is 2. The number of nitrogens with zero attached hydrogens (tertiary/aromatic N) is 3. The third-order valence-electron chi connectivity index (χ3n) is 3.45. The van der Waals surface area contributed by atoms with E-state index in [9.17, 15) is 0 Å². The minimum atomic E-state index is 0.342. The number of anilines is 1. The average Bonchev–Trinajstić information content (AvgIpc) is 2.28. The Hall–Kier alpha value is -1.16. The first-order chi connectivity index (χ1) is 8.10. The van der Waals surface area contributed by atoms with Crippen LogP contribution in [-0.4, -0.2) is 28.6 Å². The maximum Gasteiger partial charge on any atom is 0.132 e. The highest BCUT2D eigenvalue weighted by molar-refractivity contribution is 5.41. The van der Waals surface area contributed by atoms with E-state index in [0.717, 1.165) is 43.1 Å². The lowest BCUT2D eigenvalue weighted by Gasteiger charge is -2.37. The number of piperidine rings is 1. The second-order valence-electron chi connectivity index (χ2n) is 4.95. The van der Waals surface area contributed by atoms with Gasteiger partial charge in [-0.2, -0.15) is 0 Å². The van der Waals surface area contributed by atoms with Crippen LogP contribution in [0.25, 0.3) is 0 Å². The molecular weight excluding hydrogens is 212 g/mol. The van der Waals surface area contributed by atoms with Crippen molar-refractivity contribution in [2.45, 2.75) is 52.1 Å². The van der Waals surface area contributed by atoms with Crippen LogP contribution in [0.1, 0.15) is 38.2 Å². The first-order valence-corrected chi connectivity index (χ1v) is 6.47. The van der Waals surface area contributed by atoms with Gasteiger partial charge in [-0.1, -0.05) is 6.92 Å². The first-order valence-electron chi connectivity index (χ1n) is 6.47. The molecule has 2 heterocycles. The van der Waals surface area contributed by atoms with Crippen LogP contribution in [0, 0.1) is 6.92 Å². The van der Waals surface area contributed by atoms with Gasteiger partial charge in [-0.05, 0) is 33.1 Å². The van der Waals surface area contributed by atoms with E-state index in [0.29, 0.717) is 12.1 Å². The van der Waals surface area contributed by atoms with E-state index in [1.807, 2.05) is 6.92 Å². The van der Waals surface area contributed by atoms with Crippen molar-refractivity contribution in [2.75, 3.05) is 11.4 Å². The molecule has 0 aromatic carbocycles. The lowest BCUT2D eigenvalue weighted by Crippen LogP contribution is -2.46. The van der Waals surface area contributed by atoms with Crippen LogP contribution in [-0.2, 0) is 6.42 Å². The van der Waals surface area contributed by atoms with Gasteiger partial charge in [-0.3, -0.25) is 0 Å². The fourth-order valence-electron chi connectivity index (χ4n) is 2.49. The van der Waals surface area contributed by atoms with Gasteiger partial charge in [0.15, 0.2) is 0 Å². The Morgan fingerprint density at radius 2 is 2.24 bits per heavy atom. The Morgan fingerprint density at radius 3 is 2.88 bits per heavy atom. The van der Waals surface area contributed by atoms with E-state index in [-0.39, 0.29) is 0 Å². The highest BCUT2D eigenvalue weighted by Gasteiger charge is 2.24. The molecule has 4 nitrogen and oxygen atoms in total. The van der Waals surface area contributed by atoms with E-state index < -0.39 is 0 Å². The average molecular weight is 234 g/mol. The van der Waals surface area contributed by atoms with Crippen LogP contribution < -0.4 is 10.6 Å². The van der Waals surface area contributed by atoms with Crippen LogP contribution in [0.15, 0.2) is 6.07 Å². The van der Waals surface area contributed by atoms with E-state index >= 15 is 0 Å². The van der Waals surface area contributed by atoms with E-state index in [1.165, 1.54) is 0 Å². The number of rotatable bonds is 2. The molecule has 0 saturated carbocycles. The highest BCUT2D eigenvalue weighted by atomic mass is 15.2. The van der Waals surface area contributed by atoms with Crippen molar-refractivity contribution < 1.29 is 0 Å². The summed E-state index contributed by atoms with van der Waals surface area (Å²) in [5, 5.41) is 0. The quantitative estimate of drug-likeness (QED) is 0.845. The Kier molecular flexibility index (Phi) is 3.62. The van der Waals surface area contributed by atoms with E-state index in [1.54, 1.807) is 0 Å². The number of nitrogens with two attached hydrogens (primary N) is 1. The summed E-state index contributed by atoms with van der Waals surface area (Å²) >= 11 is 0. The second-order valence-corrected chi connectivity index (χ2v) is 4.95. The SMILES string of the molecule is CCc1cc(N2CCC(N)CC2C)nc(C)n1. The molecule has 1 aromatic heterocycles. The predicted molar refractivity (Wildman–Crippen MR) is 70.2 cm³/mol. The topological polar surface area (TPSA) is 55.0 Å². The molecule has 2 rings (SSSR count). The van der Waals surface area contributed by atoms with Gasteiger partial charge in [0.05, 0.1) is 0 Å². The molecule has 1 aromatic rings. The third kappa shape index (κ3) is 2.75. The molecule has 0 bridgehead atoms. The number of aromatic nitrogens is 2. The molecule has 17 heavy (non-hydrogen) atoms. The molecule has 2 N–H and O–H groups in total. The minimum Gasteiger partial charge on any atom is -0.354 e. The predicted octanol–water partition coefficient (Wildman–Crippen LogP) is 1.66.